The molecule has 5 nitrogen and oxygen atoms in total. The van der Waals surface area contributed by atoms with Gasteiger partial charge >= 0.3 is 0 Å². The molecular weight excluding hydrogens is 158 g/mol. The Morgan fingerprint density at radius 2 is 1.92 bits per heavy atom. The van der Waals surface area contributed by atoms with Gasteiger partial charge in [-0.2, -0.15) is 0 Å². The lowest BCUT2D eigenvalue weighted by molar-refractivity contribution is -0.713. The average Bonchev–Trinajstić information content (AvgIpc) is 2.01. The van der Waals surface area contributed by atoms with Crippen LogP contribution >= 0.6 is 0 Å². The van der Waals surface area contributed by atoms with Crippen molar-refractivity contribution in [1.82, 2.24) is 5.01 Å². The van der Waals surface area contributed by atoms with Crippen LogP contribution < -0.4 is 0 Å². The van der Waals surface area contributed by atoms with E-state index in [1.165, 1.54) is 5.01 Å². The van der Waals surface area contributed by atoms with Gasteiger partial charge < -0.3 is 10.4 Å². The van der Waals surface area contributed by atoms with Crippen molar-refractivity contribution in [3.05, 3.63) is 5.21 Å². The molecule has 0 aliphatic carbocycles. The minimum absolute atomic E-state index is 0.270. The molecule has 0 aromatic carbocycles. The Balaban J connectivity index is 2.55. The van der Waals surface area contributed by atoms with Crippen LogP contribution in [0.15, 0.2) is 5.28 Å². The van der Waals surface area contributed by atoms with Crippen LogP contribution in [0, 0.1) is 17.0 Å². The molecule has 1 saturated heterocycles. The normalized spacial score (nSPS) is 32.2. The first kappa shape index (κ1) is 9.09. The van der Waals surface area contributed by atoms with Crippen molar-refractivity contribution in [2.45, 2.75) is 20.3 Å². The first-order valence-corrected chi connectivity index (χ1v) is 4.20. The molecule has 1 aliphatic heterocycles. The third kappa shape index (κ3) is 1.99. The molecule has 0 radical (unpaired) electrons. The van der Waals surface area contributed by atoms with E-state index in [1.807, 2.05) is 0 Å². The van der Waals surface area contributed by atoms with E-state index < -0.39 is 0 Å². The van der Waals surface area contributed by atoms with Gasteiger partial charge in [0, 0.05) is 0 Å². The van der Waals surface area contributed by atoms with Gasteiger partial charge in [0.05, 0.1) is 18.1 Å². The lowest BCUT2D eigenvalue weighted by Gasteiger charge is -2.30. The maximum atomic E-state index is 10.9. The van der Waals surface area contributed by atoms with E-state index in [2.05, 4.69) is 19.1 Å². The summed E-state index contributed by atoms with van der Waals surface area (Å²) in [6.07, 6.45) is 1.13. The number of piperidine rings is 1. The Bertz CT molecular complexity index is 173. The average molecular weight is 173 g/mol. The zero-order valence-electron chi connectivity index (χ0n) is 7.47. The molecule has 70 valence electrons. The molecule has 0 aromatic heterocycles. The van der Waals surface area contributed by atoms with Gasteiger partial charge in [-0.25, -0.2) is 0 Å². The Morgan fingerprint density at radius 3 is 2.33 bits per heavy atom. The van der Waals surface area contributed by atoms with Crippen LogP contribution in [0.1, 0.15) is 20.3 Å². The number of rotatable bonds is 1. The summed E-state index contributed by atoms with van der Waals surface area (Å²) in [5.41, 5.74) is 0. The predicted molar refractivity (Wildman–Crippen MR) is 42.4 cm³/mol. The maximum absolute atomic E-state index is 10.9. The summed E-state index contributed by atoms with van der Waals surface area (Å²) in [6, 6.07) is 0. The highest BCUT2D eigenvalue weighted by Gasteiger charge is 2.26. The summed E-state index contributed by atoms with van der Waals surface area (Å²) < 4.78 is 0. The van der Waals surface area contributed by atoms with Crippen LogP contribution in [-0.2, 0) is 0 Å². The smallest absolute Gasteiger partial charge is 0.230 e. The quantitative estimate of drug-likeness (QED) is 0.368. The fourth-order valence-corrected chi connectivity index (χ4v) is 1.83. The van der Waals surface area contributed by atoms with Crippen LogP contribution in [-0.4, -0.2) is 28.3 Å². The minimum Gasteiger partial charge on any atom is -0.569 e. The van der Waals surface area contributed by atoms with Gasteiger partial charge in [0.2, 0.25) is 5.28 Å². The topological polar surface area (TPSA) is 61.9 Å². The molecule has 5 heteroatoms. The molecule has 1 heterocycles. The standard InChI is InChI=1S/C7H15N3O2/c1-6-3-7(2)5-9(4-6)10(12)8-11/h6-7,11H,3-5H2,1-2H3/b10-8-/t6-,7+. The van der Waals surface area contributed by atoms with E-state index >= 15 is 0 Å². The van der Waals surface area contributed by atoms with Crippen molar-refractivity contribution in [1.29, 1.82) is 0 Å². The second kappa shape index (κ2) is 3.60. The van der Waals surface area contributed by atoms with Gasteiger partial charge in [0.1, 0.15) is 0 Å². The monoisotopic (exact) mass is 173 g/mol. The highest BCUT2D eigenvalue weighted by molar-refractivity contribution is 4.69. The predicted octanol–water partition coefficient (Wildman–Crippen LogP) is 1.23. The summed E-state index contributed by atoms with van der Waals surface area (Å²) in [5, 5.41) is 23.2. The first-order chi connectivity index (χ1) is 5.63. The zero-order valence-corrected chi connectivity index (χ0v) is 7.47. The largest absolute Gasteiger partial charge is 0.569 e. The van der Waals surface area contributed by atoms with Crippen LogP contribution in [0.3, 0.4) is 0 Å². The lowest BCUT2D eigenvalue weighted by Crippen LogP contribution is -2.42. The Labute approximate surface area is 71.8 Å². The maximum Gasteiger partial charge on any atom is 0.230 e. The molecule has 0 unspecified atom stereocenters. The molecule has 0 aromatic rings. The molecule has 0 bridgehead atoms. The molecule has 1 rings (SSSR count). The third-order valence-corrected chi connectivity index (χ3v) is 2.17. The summed E-state index contributed by atoms with van der Waals surface area (Å²) >= 11 is 0. The number of hydrogen-bond donors (Lipinski definition) is 1. The van der Waals surface area contributed by atoms with Crippen molar-refractivity contribution < 1.29 is 10.2 Å². The zero-order chi connectivity index (χ0) is 9.14. The van der Waals surface area contributed by atoms with Gasteiger partial charge in [-0.15, -0.1) is 5.01 Å². The molecule has 0 amide bonds. The van der Waals surface area contributed by atoms with Crippen molar-refractivity contribution in [2.24, 2.45) is 17.1 Å². The van der Waals surface area contributed by atoms with Crippen molar-refractivity contribution in [3.63, 3.8) is 0 Å². The molecule has 2 atom stereocenters. The van der Waals surface area contributed by atoms with Crippen LogP contribution in [0.2, 0.25) is 0 Å². The number of hydrazine groups is 1. The highest BCUT2D eigenvalue weighted by Crippen LogP contribution is 2.20. The van der Waals surface area contributed by atoms with E-state index in [0.29, 0.717) is 24.9 Å². The van der Waals surface area contributed by atoms with E-state index in [0.717, 1.165) is 6.42 Å². The molecule has 1 N–H and O–H groups in total. The van der Waals surface area contributed by atoms with E-state index in [-0.39, 0.29) is 4.97 Å². The number of hydrogen-bond acceptors (Lipinski definition) is 2. The molecule has 0 saturated carbocycles. The summed E-state index contributed by atoms with van der Waals surface area (Å²) in [5.74, 6) is 0.985. The SMILES string of the molecule is C[C@@H]1C[C@H](C)CN(/[N+]([O-])=N/O)C1. The molecule has 12 heavy (non-hydrogen) atoms. The van der Waals surface area contributed by atoms with Gasteiger partial charge in [0.25, 0.3) is 0 Å². The van der Waals surface area contributed by atoms with E-state index in [1.54, 1.807) is 0 Å². The van der Waals surface area contributed by atoms with E-state index in [4.69, 9.17) is 5.21 Å². The first-order valence-electron chi connectivity index (χ1n) is 4.20. The van der Waals surface area contributed by atoms with Crippen LogP contribution in [0.25, 0.3) is 0 Å². The Hall–Kier alpha value is -1.00. The molecule has 1 fully saturated rings. The third-order valence-electron chi connectivity index (χ3n) is 2.17. The van der Waals surface area contributed by atoms with Crippen molar-refractivity contribution >= 4 is 0 Å². The van der Waals surface area contributed by atoms with Gasteiger partial charge in [-0.3, -0.25) is 0 Å². The Kier molecular flexibility index (Phi) is 2.73. The van der Waals surface area contributed by atoms with E-state index in [9.17, 15) is 5.21 Å². The summed E-state index contributed by atoms with van der Waals surface area (Å²) in [7, 11) is 0. The van der Waals surface area contributed by atoms with Crippen molar-refractivity contribution in [3.8, 4) is 0 Å². The summed E-state index contributed by atoms with van der Waals surface area (Å²) in [4.78, 5) is 0.270. The number of nitrogens with zero attached hydrogens (tertiary/aromatic N) is 3. The second-order valence-electron chi connectivity index (χ2n) is 3.66. The molecule has 0 spiro atoms. The van der Waals surface area contributed by atoms with Crippen LogP contribution in [0.5, 0.6) is 0 Å². The summed E-state index contributed by atoms with van der Waals surface area (Å²) in [6.45, 7) is 5.54. The van der Waals surface area contributed by atoms with Crippen LogP contribution in [0.4, 0.5) is 0 Å². The van der Waals surface area contributed by atoms with Gasteiger partial charge in [-0.05, 0) is 18.3 Å². The molecular formula is C7H15N3O2. The Morgan fingerprint density at radius 1 is 1.42 bits per heavy atom. The molecule has 1 aliphatic rings. The highest BCUT2D eigenvalue weighted by atomic mass is 16.6. The minimum atomic E-state index is 0.270. The lowest BCUT2D eigenvalue weighted by atomic mass is 9.93. The van der Waals surface area contributed by atoms with Crippen molar-refractivity contribution in [2.75, 3.05) is 13.1 Å². The van der Waals surface area contributed by atoms with Gasteiger partial charge in [-0.1, -0.05) is 13.8 Å². The fraction of sp³-hybridized carbons (Fsp3) is 1.00. The second-order valence-corrected chi connectivity index (χ2v) is 3.66. The van der Waals surface area contributed by atoms with Gasteiger partial charge in [0.15, 0.2) is 0 Å². The fourth-order valence-electron chi connectivity index (χ4n) is 1.83.